The van der Waals surface area contributed by atoms with Crippen LogP contribution in [-0.2, 0) is 9.59 Å². The number of rotatable bonds is 4. The normalized spacial score (nSPS) is 9.44. The Hall–Kier alpha value is -2.04. The number of amides is 1. The predicted molar refractivity (Wildman–Crippen MR) is 58.6 cm³/mol. The number of benzene rings is 1. The second-order valence-corrected chi connectivity index (χ2v) is 3.04. The van der Waals surface area contributed by atoms with Gasteiger partial charge in [0.15, 0.2) is 0 Å². The zero-order valence-corrected chi connectivity index (χ0v) is 9.29. The molecule has 1 rings (SSSR count). The molecule has 0 fully saturated rings. The molecule has 0 unspecified atom stereocenters. The zero-order valence-electron chi connectivity index (χ0n) is 9.29. The Bertz CT molecular complexity index is 389. The van der Waals surface area contributed by atoms with Crippen molar-refractivity contribution in [2.24, 2.45) is 0 Å². The van der Waals surface area contributed by atoms with E-state index in [1.54, 1.807) is 6.29 Å². The Labute approximate surface area is 93.4 Å². The van der Waals surface area contributed by atoms with Gasteiger partial charge in [-0.25, -0.2) is 0 Å². The molecule has 5 heteroatoms. The molecular weight excluding hydrogens is 210 g/mol. The fourth-order valence-corrected chi connectivity index (χ4v) is 1.29. The molecule has 1 radical (unpaired) electrons. The first-order valence-corrected chi connectivity index (χ1v) is 4.54. The van der Waals surface area contributed by atoms with E-state index in [-0.39, 0.29) is 11.5 Å². The average molecular weight is 222 g/mol. The first kappa shape index (κ1) is 12.0. The van der Waals surface area contributed by atoms with Crippen molar-refractivity contribution in [3.05, 3.63) is 17.7 Å². The lowest BCUT2D eigenvalue weighted by atomic mass is 10.1. The van der Waals surface area contributed by atoms with Gasteiger partial charge in [0.25, 0.3) is 0 Å². The number of anilines is 1. The van der Waals surface area contributed by atoms with Crippen molar-refractivity contribution < 1.29 is 19.1 Å². The molecule has 0 heterocycles. The Balaban J connectivity index is 3.25. The third-order valence-corrected chi connectivity index (χ3v) is 1.93. The molecule has 0 atom stereocenters. The van der Waals surface area contributed by atoms with Gasteiger partial charge in [0.1, 0.15) is 17.1 Å². The monoisotopic (exact) mass is 222 g/mol. The quantitative estimate of drug-likeness (QED) is 0.829. The van der Waals surface area contributed by atoms with E-state index in [0.29, 0.717) is 17.2 Å². The molecule has 1 amide bonds. The maximum absolute atomic E-state index is 10.9. The number of carbonyl (C=O) groups excluding carboxylic acids is 2. The van der Waals surface area contributed by atoms with Crippen molar-refractivity contribution in [2.45, 2.75) is 6.92 Å². The van der Waals surface area contributed by atoms with E-state index in [0.717, 1.165) is 0 Å². The molecule has 0 bridgehead atoms. The topological polar surface area (TPSA) is 64.6 Å². The standard InChI is InChI=1S/C11H12NO4/c1-7(14)12-8-4-10(15-2)9(6-13)11(5-8)16-3/h4-5H,1-3H3,(H,12,14). The SMILES string of the molecule is COc1cc(NC(C)=O)cc(OC)c1[C]=O. The molecule has 1 N–H and O–H groups in total. The number of nitrogens with one attached hydrogen (secondary N) is 1. The van der Waals surface area contributed by atoms with Crippen molar-refractivity contribution in [2.75, 3.05) is 19.5 Å². The molecule has 0 aromatic heterocycles. The largest absolute Gasteiger partial charge is 0.496 e. The molecule has 1 aromatic carbocycles. The van der Waals surface area contributed by atoms with Gasteiger partial charge in [-0.3, -0.25) is 9.59 Å². The minimum atomic E-state index is -0.216. The predicted octanol–water partition coefficient (Wildman–Crippen LogP) is 1.12. The van der Waals surface area contributed by atoms with Crippen LogP contribution in [0.25, 0.3) is 0 Å². The van der Waals surface area contributed by atoms with Crippen LogP contribution in [0.4, 0.5) is 5.69 Å². The fourth-order valence-electron chi connectivity index (χ4n) is 1.29. The van der Waals surface area contributed by atoms with E-state index < -0.39 is 0 Å². The Morgan fingerprint density at radius 1 is 1.25 bits per heavy atom. The molecule has 0 saturated carbocycles. The van der Waals surface area contributed by atoms with Crippen LogP contribution in [0.5, 0.6) is 11.5 Å². The van der Waals surface area contributed by atoms with Crippen molar-refractivity contribution in [3.8, 4) is 11.5 Å². The molecule has 1 aromatic rings. The van der Waals surface area contributed by atoms with Crippen LogP contribution in [0.15, 0.2) is 12.1 Å². The molecule has 0 aliphatic heterocycles. The summed E-state index contributed by atoms with van der Waals surface area (Å²) in [5.74, 6) is 0.392. The molecule has 0 aliphatic carbocycles. The molecular formula is C11H12NO4. The van der Waals surface area contributed by atoms with Gasteiger partial charge < -0.3 is 14.8 Å². The maximum atomic E-state index is 10.9. The first-order valence-electron chi connectivity index (χ1n) is 4.54. The Kier molecular flexibility index (Phi) is 3.88. The third kappa shape index (κ3) is 2.50. The van der Waals surface area contributed by atoms with E-state index in [2.05, 4.69) is 5.32 Å². The van der Waals surface area contributed by atoms with Gasteiger partial charge in [-0.2, -0.15) is 0 Å². The smallest absolute Gasteiger partial charge is 0.241 e. The summed E-state index contributed by atoms with van der Waals surface area (Å²) in [6, 6.07) is 3.06. The summed E-state index contributed by atoms with van der Waals surface area (Å²) in [6.07, 6.45) is 1.73. The van der Waals surface area contributed by atoms with Crippen molar-refractivity contribution in [1.29, 1.82) is 0 Å². The summed E-state index contributed by atoms with van der Waals surface area (Å²) in [4.78, 5) is 21.6. The molecule has 0 spiro atoms. The lowest BCUT2D eigenvalue weighted by Crippen LogP contribution is -2.07. The van der Waals surface area contributed by atoms with Crippen LogP contribution < -0.4 is 14.8 Å². The van der Waals surface area contributed by atoms with Crippen LogP contribution in [0.2, 0.25) is 0 Å². The maximum Gasteiger partial charge on any atom is 0.241 e. The molecule has 5 nitrogen and oxygen atoms in total. The lowest BCUT2D eigenvalue weighted by molar-refractivity contribution is -0.114. The molecule has 16 heavy (non-hydrogen) atoms. The molecule has 0 aliphatic rings. The van der Waals surface area contributed by atoms with E-state index in [4.69, 9.17) is 9.47 Å². The lowest BCUT2D eigenvalue weighted by Gasteiger charge is -2.11. The zero-order chi connectivity index (χ0) is 12.1. The second kappa shape index (κ2) is 5.16. The van der Waals surface area contributed by atoms with Gasteiger partial charge in [0.2, 0.25) is 12.2 Å². The van der Waals surface area contributed by atoms with Crippen LogP contribution in [0, 0.1) is 0 Å². The number of hydrogen-bond donors (Lipinski definition) is 1. The Morgan fingerprint density at radius 3 is 2.06 bits per heavy atom. The van der Waals surface area contributed by atoms with Crippen LogP contribution >= 0.6 is 0 Å². The highest BCUT2D eigenvalue weighted by atomic mass is 16.5. The van der Waals surface area contributed by atoms with Gasteiger partial charge in [-0.05, 0) is 0 Å². The van der Waals surface area contributed by atoms with Crippen LogP contribution in [-0.4, -0.2) is 26.4 Å². The first-order chi connectivity index (χ1) is 7.62. The number of carbonyl (C=O) groups is 1. The van der Waals surface area contributed by atoms with Crippen LogP contribution in [0.3, 0.4) is 0 Å². The van der Waals surface area contributed by atoms with E-state index >= 15 is 0 Å². The summed E-state index contributed by atoms with van der Waals surface area (Å²) in [5.41, 5.74) is 0.694. The van der Waals surface area contributed by atoms with E-state index in [1.165, 1.54) is 33.3 Å². The van der Waals surface area contributed by atoms with E-state index in [1.807, 2.05) is 0 Å². The highest BCUT2D eigenvalue weighted by Gasteiger charge is 2.12. The highest BCUT2D eigenvalue weighted by molar-refractivity contribution is 5.92. The van der Waals surface area contributed by atoms with Gasteiger partial charge in [0, 0.05) is 24.7 Å². The summed E-state index contributed by atoms with van der Waals surface area (Å²) < 4.78 is 10.0. The van der Waals surface area contributed by atoms with Gasteiger partial charge in [-0.15, -0.1) is 0 Å². The number of methoxy groups -OCH3 is 2. The van der Waals surface area contributed by atoms with Crippen molar-refractivity contribution >= 4 is 17.9 Å². The molecule has 0 saturated heterocycles. The van der Waals surface area contributed by atoms with Crippen molar-refractivity contribution in [1.82, 2.24) is 0 Å². The number of hydrogen-bond acceptors (Lipinski definition) is 4. The minimum absolute atomic E-state index is 0.194. The fraction of sp³-hybridized carbons (Fsp3) is 0.273. The van der Waals surface area contributed by atoms with Gasteiger partial charge in [-0.1, -0.05) is 0 Å². The van der Waals surface area contributed by atoms with Gasteiger partial charge >= 0.3 is 0 Å². The summed E-state index contributed by atoms with van der Waals surface area (Å²) >= 11 is 0. The summed E-state index contributed by atoms with van der Waals surface area (Å²) in [6.45, 7) is 1.39. The summed E-state index contributed by atoms with van der Waals surface area (Å²) in [7, 11) is 2.85. The average Bonchev–Trinajstić information content (AvgIpc) is 2.26. The van der Waals surface area contributed by atoms with Gasteiger partial charge in [0.05, 0.1) is 14.2 Å². The highest BCUT2D eigenvalue weighted by Crippen LogP contribution is 2.31. The third-order valence-electron chi connectivity index (χ3n) is 1.93. The summed E-state index contributed by atoms with van der Waals surface area (Å²) in [5, 5.41) is 2.58. The number of ether oxygens (including phenoxy) is 2. The van der Waals surface area contributed by atoms with E-state index in [9.17, 15) is 9.59 Å². The second-order valence-electron chi connectivity index (χ2n) is 3.04. The Morgan fingerprint density at radius 2 is 1.75 bits per heavy atom. The van der Waals surface area contributed by atoms with Crippen LogP contribution in [0.1, 0.15) is 12.5 Å². The molecule has 85 valence electrons. The minimum Gasteiger partial charge on any atom is -0.496 e. The van der Waals surface area contributed by atoms with Crippen molar-refractivity contribution in [3.63, 3.8) is 0 Å².